The van der Waals surface area contributed by atoms with Crippen molar-refractivity contribution in [3.63, 3.8) is 0 Å². The summed E-state index contributed by atoms with van der Waals surface area (Å²) < 4.78 is 34.0. The molecule has 0 saturated heterocycles. The first-order valence-electron chi connectivity index (χ1n) is 7.68. The highest BCUT2D eigenvalue weighted by Crippen LogP contribution is 2.25. The minimum Gasteiger partial charge on any atom is -0.435 e. The van der Waals surface area contributed by atoms with Crippen LogP contribution in [0, 0.1) is 0 Å². The van der Waals surface area contributed by atoms with Gasteiger partial charge in [-0.2, -0.15) is 13.9 Å². The Morgan fingerprint density at radius 3 is 2.92 bits per heavy atom. The molecule has 1 aromatic carbocycles. The number of carbonyl (C=O) groups is 1. The van der Waals surface area contributed by atoms with Crippen LogP contribution < -0.4 is 15.4 Å². The van der Waals surface area contributed by atoms with Crippen LogP contribution in [0.15, 0.2) is 30.5 Å². The Balaban J connectivity index is 1.98. The van der Waals surface area contributed by atoms with Crippen molar-refractivity contribution in [2.75, 3.05) is 33.4 Å². The molecule has 0 saturated carbocycles. The molecule has 25 heavy (non-hydrogen) atoms. The first kappa shape index (κ1) is 18.8. The zero-order valence-electron chi connectivity index (χ0n) is 13.7. The largest absolute Gasteiger partial charge is 0.435 e. The van der Waals surface area contributed by atoms with Crippen LogP contribution in [0.2, 0.25) is 0 Å². The van der Waals surface area contributed by atoms with Gasteiger partial charge in [-0.05, 0) is 12.1 Å². The Morgan fingerprint density at radius 2 is 2.16 bits per heavy atom. The molecule has 7 nitrogen and oxygen atoms in total. The predicted octanol–water partition coefficient (Wildman–Crippen LogP) is 1.64. The zero-order valence-corrected chi connectivity index (χ0v) is 13.7. The third-order valence-electron chi connectivity index (χ3n) is 3.30. The van der Waals surface area contributed by atoms with Gasteiger partial charge in [-0.3, -0.25) is 9.89 Å². The van der Waals surface area contributed by atoms with E-state index in [9.17, 15) is 13.6 Å². The molecule has 0 aliphatic heterocycles. The summed E-state index contributed by atoms with van der Waals surface area (Å²) in [7, 11) is 1.62. The maximum absolute atomic E-state index is 12.3. The fraction of sp³-hybridized carbons (Fsp3) is 0.375. The number of ether oxygens (including phenoxy) is 2. The highest BCUT2D eigenvalue weighted by molar-refractivity contribution is 5.99. The van der Waals surface area contributed by atoms with E-state index in [1.807, 2.05) is 0 Å². The lowest BCUT2D eigenvalue weighted by atomic mass is 10.1. The molecule has 0 unspecified atom stereocenters. The van der Waals surface area contributed by atoms with E-state index >= 15 is 0 Å². The van der Waals surface area contributed by atoms with Crippen molar-refractivity contribution in [2.24, 2.45) is 0 Å². The average molecular weight is 354 g/mol. The van der Waals surface area contributed by atoms with Crippen LogP contribution >= 0.6 is 0 Å². The number of hydrogen-bond donors (Lipinski definition) is 3. The third-order valence-corrected chi connectivity index (χ3v) is 3.30. The first-order chi connectivity index (χ1) is 12.1. The fourth-order valence-corrected chi connectivity index (χ4v) is 2.17. The van der Waals surface area contributed by atoms with E-state index in [0.29, 0.717) is 43.1 Å². The second-order valence-corrected chi connectivity index (χ2v) is 5.06. The number of aromatic amines is 1. The van der Waals surface area contributed by atoms with Crippen molar-refractivity contribution in [3.8, 4) is 17.0 Å². The van der Waals surface area contributed by atoms with Crippen LogP contribution in [0.4, 0.5) is 8.78 Å². The normalized spacial score (nSPS) is 10.9. The van der Waals surface area contributed by atoms with Gasteiger partial charge >= 0.3 is 6.61 Å². The molecule has 0 bridgehead atoms. The number of rotatable bonds is 10. The maximum atomic E-state index is 12.3. The molecular weight excluding hydrogens is 334 g/mol. The van der Waals surface area contributed by atoms with Crippen molar-refractivity contribution in [1.82, 2.24) is 20.8 Å². The van der Waals surface area contributed by atoms with Gasteiger partial charge in [-0.25, -0.2) is 0 Å². The summed E-state index contributed by atoms with van der Waals surface area (Å²) in [5, 5.41) is 12.5. The molecule has 0 aliphatic rings. The van der Waals surface area contributed by atoms with Gasteiger partial charge in [0.2, 0.25) is 0 Å². The Morgan fingerprint density at radius 1 is 1.32 bits per heavy atom. The summed E-state index contributed by atoms with van der Waals surface area (Å²) in [6.07, 6.45) is 1.39. The van der Waals surface area contributed by atoms with E-state index in [-0.39, 0.29) is 11.7 Å². The van der Waals surface area contributed by atoms with Crippen LogP contribution in [0.5, 0.6) is 5.75 Å². The lowest BCUT2D eigenvalue weighted by molar-refractivity contribution is -0.0498. The summed E-state index contributed by atoms with van der Waals surface area (Å²) in [4.78, 5) is 12.3. The molecule has 1 aromatic heterocycles. The number of hydrogen-bond acceptors (Lipinski definition) is 5. The van der Waals surface area contributed by atoms with Crippen LogP contribution in [-0.4, -0.2) is 56.1 Å². The monoisotopic (exact) mass is 354 g/mol. The number of methoxy groups -OCH3 is 1. The lowest BCUT2D eigenvalue weighted by Crippen LogP contribution is -2.33. The van der Waals surface area contributed by atoms with Crippen LogP contribution in [0.25, 0.3) is 11.3 Å². The van der Waals surface area contributed by atoms with Crippen molar-refractivity contribution in [2.45, 2.75) is 6.61 Å². The van der Waals surface area contributed by atoms with E-state index in [1.165, 1.54) is 18.3 Å². The topological polar surface area (TPSA) is 88.3 Å². The van der Waals surface area contributed by atoms with E-state index in [0.717, 1.165) is 0 Å². The fourth-order valence-electron chi connectivity index (χ4n) is 2.17. The maximum Gasteiger partial charge on any atom is 0.387 e. The molecule has 2 aromatic rings. The number of benzene rings is 1. The number of halogens is 2. The summed E-state index contributed by atoms with van der Waals surface area (Å²) in [6, 6.07) is 6.07. The van der Waals surface area contributed by atoms with Crippen molar-refractivity contribution in [1.29, 1.82) is 0 Å². The molecule has 0 radical (unpaired) electrons. The smallest absolute Gasteiger partial charge is 0.387 e. The van der Waals surface area contributed by atoms with E-state index in [1.54, 1.807) is 19.2 Å². The summed E-state index contributed by atoms with van der Waals surface area (Å²) in [6.45, 7) is -0.593. The summed E-state index contributed by atoms with van der Waals surface area (Å²) >= 11 is 0. The summed E-state index contributed by atoms with van der Waals surface area (Å²) in [5.74, 6) is -0.298. The number of alkyl halides is 2. The highest BCUT2D eigenvalue weighted by atomic mass is 19.3. The Bertz CT molecular complexity index is 679. The number of nitrogens with one attached hydrogen (secondary N) is 3. The molecule has 0 fully saturated rings. The quantitative estimate of drug-likeness (QED) is 0.565. The number of amides is 1. The van der Waals surface area contributed by atoms with Gasteiger partial charge in [0, 0.05) is 32.3 Å². The Kier molecular flexibility index (Phi) is 7.30. The van der Waals surface area contributed by atoms with Crippen molar-refractivity contribution >= 4 is 5.91 Å². The van der Waals surface area contributed by atoms with Gasteiger partial charge in [0.05, 0.1) is 24.1 Å². The van der Waals surface area contributed by atoms with Crippen LogP contribution in [0.3, 0.4) is 0 Å². The molecule has 2 rings (SSSR count). The van der Waals surface area contributed by atoms with E-state index in [4.69, 9.17) is 4.74 Å². The molecule has 1 amide bonds. The van der Waals surface area contributed by atoms with Gasteiger partial charge in [0.25, 0.3) is 5.91 Å². The highest BCUT2D eigenvalue weighted by Gasteiger charge is 2.16. The standard InChI is InChI=1S/C16H20F2N4O3/c1-24-8-7-19-5-6-20-15(23)13-10-21-22-14(13)11-3-2-4-12(9-11)25-16(17)18/h2-4,9-10,16,19H,5-8H2,1H3,(H,20,23)(H,21,22). The molecular formula is C16H20F2N4O3. The molecule has 136 valence electrons. The molecule has 0 aliphatic carbocycles. The molecule has 9 heteroatoms. The van der Waals surface area contributed by atoms with Crippen molar-refractivity contribution < 1.29 is 23.0 Å². The van der Waals surface area contributed by atoms with Crippen molar-refractivity contribution in [3.05, 3.63) is 36.0 Å². The number of H-pyrrole nitrogens is 1. The lowest BCUT2D eigenvalue weighted by Gasteiger charge is -2.08. The van der Waals surface area contributed by atoms with Gasteiger partial charge < -0.3 is 20.1 Å². The Labute approximate surface area is 143 Å². The molecule has 1 heterocycles. The van der Waals surface area contributed by atoms with Gasteiger partial charge in [-0.1, -0.05) is 12.1 Å². The van der Waals surface area contributed by atoms with Gasteiger partial charge in [0.15, 0.2) is 0 Å². The zero-order chi connectivity index (χ0) is 18.1. The average Bonchev–Trinajstić information content (AvgIpc) is 3.07. The minimum absolute atomic E-state index is 0.0100. The van der Waals surface area contributed by atoms with Crippen LogP contribution in [0.1, 0.15) is 10.4 Å². The molecule has 0 spiro atoms. The molecule has 3 N–H and O–H groups in total. The van der Waals surface area contributed by atoms with E-state index in [2.05, 4.69) is 25.6 Å². The second-order valence-electron chi connectivity index (χ2n) is 5.06. The minimum atomic E-state index is -2.91. The first-order valence-corrected chi connectivity index (χ1v) is 7.68. The predicted molar refractivity (Wildman–Crippen MR) is 87.7 cm³/mol. The van der Waals surface area contributed by atoms with Gasteiger partial charge in [0.1, 0.15) is 5.75 Å². The van der Waals surface area contributed by atoms with E-state index < -0.39 is 6.61 Å². The van der Waals surface area contributed by atoms with Crippen LogP contribution in [-0.2, 0) is 4.74 Å². The second kappa shape index (κ2) is 9.70. The SMILES string of the molecule is COCCNCCNC(=O)c1cn[nH]c1-c1cccc(OC(F)F)c1. The number of aromatic nitrogens is 2. The Hall–Kier alpha value is -2.52. The molecule has 0 atom stereocenters. The van der Waals surface area contributed by atoms with Gasteiger partial charge in [-0.15, -0.1) is 0 Å². The third kappa shape index (κ3) is 5.80. The summed E-state index contributed by atoms with van der Waals surface area (Å²) in [5.41, 5.74) is 1.29. The number of nitrogens with zero attached hydrogens (tertiary/aromatic N) is 1. The number of carbonyl (C=O) groups excluding carboxylic acids is 1.